The van der Waals surface area contributed by atoms with Crippen LogP contribution in [-0.4, -0.2) is 53.0 Å². The van der Waals surface area contributed by atoms with E-state index in [-0.39, 0.29) is 0 Å². The Morgan fingerprint density at radius 1 is 0.462 bits per heavy atom. The van der Waals surface area contributed by atoms with E-state index in [9.17, 15) is 0 Å². The largest absolute Gasteiger partial charge is 0.349 e. The fourth-order valence-corrected chi connectivity index (χ4v) is 21.2. The lowest BCUT2D eigenvalue weighted by Crippen LogP contribution is -2.56. The van der Waals surface area contributed by atoms with Gasteiger partial charge < -0.3 is 8.68 Å². The summed E-state index contributed by atoms with van der Waals surface area (Å²) in [5, 5.41) is 10.1. The normalized spacial score (nSPS) is 16.0. The first kappa shape index (κ1) is 23.3. The molecule has 1 rings (SSSR count). The first-order valence-electron chi connectivity index (χ1n) is 9.56. The Morgan fingerprint density at radius 2 is 0.654 bits per heavy atom. The predicted octanol–water partition coefficient (Wildman–Crippen LogP) is 5.77. The summed E-state index contributed by atoms with van der Waals surface area (Å²) in [7, 11) is -5.95. The van der Waals surface area contributed by atoms with E-state index >= 15 is 0 Å². The van der Waals surface area contributed by atoms with E-state index in [1.54, 1.807) is 0 Å². The molecule has 0 saturated carbocycles. The Hall–Kier alpha value is -0.712. The fourth-order valence-electron chi connectivity index (χ4n) is 3.43. The second-order valence-corrected chi connectivity index (χ2v) is 31.0. The van der Waals surface area contributed by atoms with Crippen LogP contribution in [0, 0.1) is 0 Å². The van der Waals surface area contributed by atoms with Crippen LogP contribution in [0.3, 0.4) is 0 Å². The van der Waals surface area contributed by atoms with Crippen molar-refractivity contribution in [1.82, 2.24) is 8.68 Å². The zero-order valence-electron chi connectivity index (χ0n) is 19.1. The number of hydrogen-bond donors (Lipinski definition) is 0. The lowest BCUT2D eigenvalue weighted by molar-refractivity contribution is 0.667. The van der Waals surface area contributed by atoms with Crippen LogP contribution >= 0.6 is 0 Å². The summed E-state index contributed by atoms with van der Waals surface area (Å²) in [6.45, 7) is 28.5. The predicted molar refractivity (Wildman–Crippen MR) is 130 cm³/mol. The molecule has 0 bridgehead atoms. The van der Waals surface area contributed by atoms with Gasteiger partial charge in [0.05, 0.1) is 11.4 Å². The van der Waals surface area contributed by atoms with Crippen LogP contribution in [-0.2, 0) is 0 Å². The molecule has 1 aliphatic carbocycles. The lowest BCUT2D eigenvalue weighted by atomic mass is 10.1. The topological polar surface area (TPSA) is 31.2 Å². The van der Waals surface area contributed by atoms with E-state index in [1.807, 2.05) is 0 Å². The molecule has 0 unspecified atom stereocenters. The molecule has 0 aromatic heterocycles. The highest BCUT2D eigenvalue weighted by Crippen LogP contribution is 2.22. The molecular formula is C18H40N4Si4. The van der Waals surface area contributed by atoms with E-state index in [0.29, 0.717) is 0 Å². The molecule has 8 heteroatoms. The first-order chi connectivity index (χ1) is 11.4. The highest BCUT2D eigenvalue weighted by atomic mass is 28.4. The van der Waals surface area contributed by atoms with Gasteiger partial charge in [0.2, 0.25) is 0 Å². The quantitative estimate of drug-likeness (QED) is 0.308. The first-order valence-corrected chi connectivity index (χ1v) is 23.4. The summed E-state index contributed by atoms with van der Waals surface area (Å²) < 4.78 is 4.92. The van der Waals surface area contributed by atoms with Crippen molar-refractivity contribution in [2.24, 2.45) is 10.2 Å². The van der Waals surface area contributed by atoms with E-state index in [1.165, 1.54) is 0 Å². The molecule has 0 radical (unpaired) electrons. The molecule has 0 aliphatic heterocycles. The molecule has 0 N–H and O–H groups in total. The van der Waals surface area contributed by atoms with Crippen LogP contribution in [0.5, 0.6) is 0 Å². The highest BCUT2D eigenvalue weighted by molar-refractivity contribution is 6.90. The van der Waals surface area contributed by atoms with Crippen molar-refractivity contribution in [1.29, 1.82) is 0 Å². The monoisotopic (exact) mass is 424 g/mol. The number of rotatable bonds is 6. The molecule has 0 aromatic carbocycles. The van der Waals surface area contributed by atoms with Crippen molar-refractivity contribution in [2.75, 3.05) is 0 Å². The summed E-state index contributed by atoms with van der Waals surface area (Å²) in [6.07, 6.45) is 8.49. The summed E-state index contributed by atoms with van der Waals surface area (Å²) in [6, 6.07) is 0. The molecular weight excluding hydrogens is 385 g/mol. The zero-order chi connectivity index (χ0) is 20.6. The van der Waals surface area contributed by atoms with Crippen molar-refractivity contribution in [3.8, 4) is 0 Å². The maximum atomic E-state index is 5.04. The molecule has 0 amide bonds. The number of nitrogens with zero attached hydrogens (tertiary/aromatic N) is 4. The van der Waals surface area contributed by atoms with Crippen molar-refractivity contribution >= 4 is 44.4 Å². The number of allylic oxidation sites excluding steroid dienone is 4. The molecule has 4 nitrogen and oxygen atoms in total. The van der Waals surface area contributed by atoms with Crippen molar-refractivity contribution in [3.05, 3.63) is 24.3 Å². The lowest BCUT2D eigenvalue weighted by Gasteiger charge is -2.42. The molecule has 0 spiro atoms. The fraction of sp³-hybridized carbons (Fsp3) is 0.667. The second-order valence-electron chi connectivity index (χ2n) is 11.0. The summed E-state index contributed by atoms with van der Waals surface area (Å²) in [4.78, 5) is 0. The van der Waals surface area contributed by atoms with E-state index in [4.69, 9.17) is 10.2 Å². The minimum atomic E-state index is -1.49. The molecule has 0 atom stereocenters. The standard InChI is InChI=1S/C18H40N4Si4/c1-23(2,3)21(24(4,5)6)19-17-13-15-18(16-14-17)20-22(25(7,8)9)26(10,11)12/h13-16H,1-12H3. The van der Waals surface area contributed by atoms with Gasteiger partial charge in [0.1, 0.15) is 0 Å². The molecule has 0 aromatic rings. The highest BCUT2D eigenvalue weighted by Gasteiger charge is 2.35. The SMILES string of the molecule is C[Si](C)(C)N(N=C1C=CC(=NN([Si](C)(C)C)[Si](C)(C)C)C=C1)[Si](C)(C)C. The summed E-state index contributed by atoms with van der Waals surface area (Å²) in [5.74, 6) is 0. The smallest absolute Gasteiger partial charge is 0.158 e. The molecule has 1 aliphatic rings. The Bertz CT molecular complexity index is 524. The Morgan fingerprint density at radius 3 is 0.808 bits per heavy atom. The van der Waals surface area contributed by atoms with Crippen LogP contribution in [0.25, 0.3) is 0 Å². The average molecular weight is 425 g/mol. The van der Waals surface area contributed by atoms with Crippen molar-refractivity contribution in [3.63, 3.8) is 0 Å². The second kappa shape index (κ2) is 7.73. The van der Waals surface area contributed by atoms with Crippen LogP contribution in [0.4, 0.5) is 0 Å². The summed E-state index contributed by atoms with van der Waals surface area (Å²) in [5.41, 5.74) is 2.09. The van der Waals surface area contributed by atoms with Gasteiger partial charge >= 0.3 is 0 Å². The Labute approximate surface area is 166 Å². The van der Waals surface area contributed by atoms with Gasteiger partial charge in [-0.25, -0.2) is 0 Å². The molecule has 0 heterocycles. The third kappa shape index (κ3) is 6.79. The van der Waals surface area contributed by atoms with Gasteiger partial charge in [-0.2, -0.15) is 10.2 Å². The number of hydrogen-bond acceptors (Lipinski definition) is 4. The van der Waals surface area contributed by atoms with Crippen LogP contribution in [0.1, 0.15) is 0 Å². The van der Waals surface area contributed by atoms with Crippen LogP contribution < -0.4 is 0 Å². The van der Waals surface area contributed by atoms with Crippen molar-refractivity contribution in [2.45, 2.75) is 78.6 Å². The van der Waals surface area contributed by atoms with Crippen LogP contribution in [0.2, 0.25) is 78.6 Å². The van der Waals surface area contributed by atoms with Crippen molar-refractivity contribution < 1.29 is 0 Å². The molecule has 26 heavy (non-hydrogen) atoms. The minimum Gasteiger partial charge on any atom is -0.349 e. The third-order valence-corrected chi connectivity index (χ3v) is 17.4. The van der Waals surface area contributed by atoms with E-state index < -0.39 is 32.9 Å². The van der Waals surface area contributed by atoms with E-state index in [2.05, 4.69) is 112 Å². The van der Waals surface area contributed by atoms with Gasteiger partial charge in [-0.05, 0) is 24.3 Å². The Balaban J connectivity index is 3.13. The zero-order valence-corrected chi connectivity index (χ0v) is 23.1. The van der Waals surface area contributed by atoms with Gasteiger partial charge in [-0.3, -0.25) is 0 Å². The number of hydrazone groups is 2. The maximum absolute atomic E-state index is 5.04. The average Bonchev–Trinajstić information content (AvgIpc) is 2.38. The van der Waals surface area contributed by atoms with Gasteiger partial charge in [0, 0.05) is 0 Å². The molecule has 0 fully saturated rings. The van der Waals surface area contributed by atoms with Crippen LogP contribution in [0.15, 0.2) is 34.5 Å². The van der Waals surface area contributed by atoms with Gasteiger partial charge in [0.15, 0.2) is 32.9 Å². The van der Waals surface area contributed by atoms with Gasteiger partial charge in [0.25, 0.3) is 0 Å². The van der Waals surface area contributed by atoms with E-state index in [0.717, 1.165) is 11.4 Å². The minimum absolute atomic E-state index is 1.04. The van der Waals surface area contributed by atoms with Gasteiger partial charge in [-0.15, -0.1) is 0 Å². The molecule has 148 valence electrons. The molecule has 0 saturated heterocycles. The van der Waals surface area contributed by atoms with Gasteiger partial charge in [-0.1, -0.05) is 78.6 Å². The maximum Gasteiger partial charge on any atom is 0.158 e. The Kier molecular flexibility index (Phi) is 6.93. The summed E-state index contributed by atoms with van der Waals surface area (Å²) >= 11 is 0. The third-order valence-electron chi connectivity index (χ3n) is 3.82.